The summed E-state index contributed by atoms with van der Waals surface area (Å²) in [6.07, 6.45) is 7.52. The average molecular weight is 304 g/mol. The van der Waals surface area contributed by atoms with Gasteiger partial charge in [0.05, 0.1) is 13.2 Å². The van der Waals surface area contributed by atoms with Crippen molar-refractivity contribution in [3.63, 3.8) is 0 Å². The lowest BCUT2D eigenvalue weighted by Crippen LogP contribution is -2.38. The molecule has 3 saturated carbocycles. The van der Waals surface area contributed by atoms with Gasteiger partial charge in [0.25, 0.3) is 0 Å². The van der Waals surface area contributed by atoms with Gasteiger partial charge in [0, 0.05) is 24.0 Å². The van der Waals surface area contributed by atoms with Crippen LogP contribution >= 0.6 is 0 Å². The predicted molar refractivity (Wildman–Crippen MR) is 81.7 cm³/mol. The Kier molecular flexibility index (Phi) is 4.37. The number of fused-ring (bicyclic) bond motifs is 5. The van der Waals surface area contributed by atoms with Crippen molar-refractivity contribution in [2.24, 2.45) is 35.5 Å². The molecule has 6 atom stereocenters. The molecule has 0 heterocycles. The molecule has 0 radical (unpaired) electrons. The molecule has 3 rings (SSSR count). The topological polar surface area (TPSA) is 52.6 Å². The van der Waals surface area contributed by atoms with E-state index < -0.39 is 0 Å². The van der Waals surface area contributed by atoms with Crippen LogP contribution in [0.3, 0.4) is 0 Å². The molecule has 0 amide bonds. The summed E-state index contributed by atoms with van der Waals surface area (Å²) in [6, 6.07) is 0. The van der Waals surface area contributed by atoms with Crippen molar-refractivity contribution in [1.82, 2.24) is 0 Å². The van der Waals surface area contributed by atoms with Crippen LogP contribution in [0.1, 0.15) is 25.7 Å². The highest BCUT2D eigenvalue weighted by Gasteiger charge is 2.59. The summed E-state index contributed by atoms with van der Waals surface area (Å²) in [6.45, 7) is 7.73. The first kappa shape index (κ1) is 15.3. The van der Waals surface area contributed by atoms with Gasteiger partial charge in [-0.1, -0.05) is 19.6 Å². The first-order chi connectivity index (χ1) is 10.7. The average Bonchev–Trinajstić information content (AvgIpc) is 3.21. The Hall–Kier alpha value is -1.58. The van der Waals surface area contributed by atoms with Gasteiger partial charge in [-0.3, -0.25) is 0 Å². The van der Waals surface area contributed by atoms with E-state index in [4.69, 9.17) is 9.47 Å². The molecule has 2 bridgehead atoms. The van der Waals surface area contributed by atoms with E-state index >= 15 is 0 Å². The van der Waals surface area contributed by atoms with Crippen LogP contribution in [0.2, 0.25) is 0 Å². The highest BCUT2D eigenvalue weighted by Crippen LogP contribution is 2.63. The van der Waals surface area contributed by atoms with E-state index in [2.05, 4.69) is 13.2 Å². The number of carbonyl (C=O) groups excluding carboxylic acids is 2. The summed E-state index contributed by atoms with van der Waals surface area (Å²) < 4.78 is 10.6. The highest BCUT2D eigenvalue weighted by molar-refractivity contribution is 5.81. The molecule has 4 heteroatoms. The Balaban J connectivity index is 1.69. The predicted octanol–water partition coefficient (Wildman–Crippen LogP) is 2.74. The molecule has 3 aliphatic rings. The molecule has 3 aliphatic carbocycles. The van der Waals surface area contributed by atoms with Gasteiger partial charge in [0.1, 0.15) is 0 Å². The summed E-state index contributed by atoms with van der Waals surface area (Å²) >= 11 is 0. The van der Waals surface area contributed by atoms with Gasteiger partial charge in [-0.05, 0) is 42.9 Å². The number of esters is 2. The minimum atomic E-state index is -0.368. The molecule has 0 saturated heterocycles. The molecule has 0 aromatic heterocycles. The maximum Gasteiger partial charge on any atom is 0.330 e. The van der Waals surface area contributed by atoms with Crippen LogP contribution in [0.25, 0.3) is 0 Å². The lowest BCUT2D eigenvalue weighted by atomic mass is 9.70. The minimum absolute atomic E-state index is 0.311. The Morgan fingerprint density at radius 2 is 1.32 bits per heavy atom. The van der Waals surface area contributed by atoms with Crippen molar-refractivity contribution >= 4 is 11.9 Å². The summed E-state index contributed by atoms with van der Waals surface area (Å²) in [7, 11) is 0. The highest BCUT2D eigenvalue weighted by atomic mass is 16.5. The minimum Gasteiger partial charge on any atom is -0.462 e. The van der Waals surface area contributed by atoms with Gasteiger partial charge >= 0.3 is 11.9 Å². The third-order valence-corrected chi connectivity index (χ3v) is 6.09. The Morgan fingerprint density at radius 3 is 1.73 bits per heavy atom. The van der Waals surface area contributed by atoms with Crippen LogP contribution in [0.4, 0.5) is 0 Å². The quantitative estimate of drug-likeness (QED) is 0.559. The molecule has 120 valence electrons. The maximum atomic E-state index is 11.4. The Morgan fingerprint density at radius 1 is 0.864 bits per heavy atom. The van der Waals surface area contributed by atoms with Crippen LogP contribution in [-0.4, -0.2) is 25.2 Å². The van der Waals surface area contributed by atoms with Crippen molar-refractivity contribution in [3.05, 3.63) is 25.3 Å². The molecule has 4 nitrogen and oxygen atoms in total. The van der Waals surface area contributed by atoms with E-state index in [1.54, 1.807) is 0 Å². The van der Waals surface area contributed by atoms with Gasteiger partial charge in [-0.15, -0.1) is 0 Å². The fourth-order valence-electron chi connectivity index (χ4n) is 5.33. The summed E-state index contributed by atoms with van der Waals surface area (Å²) in [4.78, 5) is 22.8. The lowest BCUT2D eigenvalue weighted by Gasteiger charge is -2.37. The van der Waals surface area contributed by atoms with Crippen LogP contribution in [-0.2, 0) is 19.1 Å². The van der Waals surface area contributed by atoms with Gasteiger partial charge in [-0.2, -0.15) is 0 Å². The van der Waals surface area contributed by atoms with Crippen molar-refractivity contribution in [1.29, 1.82) is 0 Å². The first-order valence-corrected chi connectivity index (χ1v) is 8.24. The molecule has 0 aromatic rings. The van der Waals surface area contributed by atoms with Crippen LogP contribution in [0.5, 0.6) is 0 Å². The van der Waals surface area contributed by atoms with E-state index in [1.165, 1.54) is 37.8 Å². The second kappa shape index (κ2) is 6.27. The SMILES string of the molecule is C=CC(=O)OC[C@@H]1[C@H](COC(=O)C=C)[C@@H]2C[C@H]1[C@H]1CCC[C@H]12. The Bertz CT molecular complexity index is 441. The molecule has 0 spiro atoms. The number of rotatable bonds is 6. The standard InChI is InChI=1S/C18H24O4/c1-3-17(19)21-9-15-13-8-14(12-7-5-6-11(12)13)16(15)10-22-18(20)4-2/h3-4,11-16H,1-2,5-10H2/t11-,12+,13-,14+,15-,16+. The first-order valence-electron chi connectivity index (χ1n) is 8.24. The zero-order valence-corrected chi connectivity index (χ0v) is 12.9. The van der Waals surface area contributed by atoms with Gasteiger partial charge in [-0.25, -0.2) is 9.59 Å². The van der Waals surface area contributed by atoms with Crippen molar-refractivity contribution in [2.75, 3.05) is 13.2 Å². The molecular formula is C18H24O4. The van der Waals surface area contributed by atoms with Gasteiger partial charge < -0.3 is 9.47 Å². The number of hydrogen-bond donors (Lipinski definition) is 0. The van der Waals surface area contributed by atoms with E-state index in [1.807, 2.05) is 0 Å². The fraction of sp³-hybridized carbons (Fsp3) is 0.667. The lowest BCUT2D eigenvalue weighted by molar-refractivity contribution is -0.145. The molecule has 0 unspecified atom stereocenters. The number of carbonyl (C=O) groups is 2. The van der Waals surface area contributed by atoms with Crippen molar-refractivity contribution in [3.8, 4) is 0 Å². The third kappa shape index (κ3) is 2.59. The van der Waals surface area contributed by atoms with Crippen LogP contribution < -0.4 is 0 Å². The van der Waals surface area contributed by atoms with E-state index in [9.17, 15) is 9.59 Å². The second-order valence-electron chi connectivity index (χ2n) is 6.82. The summed E-state index contributed by atoms with van der Waals surface area (Å²) in [5, 5.41) is 0. The Labute approximate surface area is 131 Å². The van der Waals surface area contributed by atoms with E-state index in [0.29, 0.717) is 36.9 Å². The normalized spacial score (nSPS) is 38.4. The number of hydrogen-bond acceptors (Lipinski definition) is 4. The molecule has 0 aliphatic heterocycles. The number of ether oxygens (including phenoxy) is 2. The van der Waals surface area contributed by atoms with E-state index in [-0.39, 0.29) is 11.9 Å². The monoisotopic (exact) mass is 304 g/mol. The zero-order valence-electron chi connectivity index (χ0n) is 12.9. The molecule has 0 N–H and O–H groups in total. The van der Waals surface area contributed by atoms with E-state index in [0.717, 1.165) is 11.8 Å². The largest absolute Gasteiger partial charge is 0.462 e. The van der Waals surface area contributed by atoms with Crippen molar-refractivity contribution < 1.29 is 19.1 Å². The third-order valence-electron chi connectivity index (χ3n) is 6.09. The summed E-state index contributed by atoms with van der Waals surface area (Å²) in [5.74, 6) is 2.68. The molecule has 3 fully saturated rings. The maximum absolute atomic E-state index is 11.4. The molecule has 0 aromatic carbocycles. The van der Waals surface area contributed by atoms with Crippen LogP contribution in [0, 0.1) is 35.5 Å². The smallest absolute Gasteiger partial charge is 0.330 e. The van der Waals surface area contributed by atoms with Crippen molar-refractivity contribution in [2.45, 2.75) is 25.7 Å². The fourth-order valence-corrected chi connectivity index (χ4v) is 5.33. The van der Waals surface area contributed by atoms with Gasteiger partial charge in [0.15, 0.2) is 0 Å². The van der Waals surface area contributed by atoms with Gasteiger partial charge in [0.2, 0.25) is 0 Å². The molecular weight excluding hydrogens is 280 g/mol. The van der Waals surface area contributed by atoms with Crippen LogP contribution in [0.15, 0.2) is 25.3 Å². The zero-order chi connectivity index (χ0) is 15.7. The summed E-state index contributed by atoms with van der Waals surface area (Å²) in [5.41, 5.74) is 0. The molecule has 22 heavy (non-hydrogen) atoms. The second-order valence-corrected chi connectivity index (χ2v) is 6.82.